The van der Waals surface area contributed by atoms with E-state index in [0.717, 1.165) is 167 Å². The van der Waals surface area contributed by atoms with Gasteiger partial charge in [-0.3, -0.25) is 14.4 Å². The highest BCUT2D eigenvalue weighted by Gasteiger charge is 2.19. The van der Waals surface area contributed by atoms with Crippen molar-refractivity contribution in [2.45, 2.75) is 258 Å². The first-order valence-electron chi connectivity index (χ1n) is 32.3. The zero-order valence-corrected chi connectivity index (χ0v) is 51.7. The fraction of sp³-hybridized carbons (Fsp3) is 0.560. The van der Waals surface area contributed by atoms with Crippen molar-refractivity contribution in [2.75, 3.05) is 13.2 Å². The van der Waals surface area contributed by atoms with Crippen LogP contribution in [-0.4, -0.2) is 37.2 Å². The van der Waals surface area contributed by atoms with E-state index >= 15 is 0 Å². The van der Waals surface area contributed by atoms with Gasteiger partial charge in [0.15, 0.2) is 6.10 Å². The molecule has 0 aromatic heterocycles. The molecule has 81 heavy (non-hydrogen) atoms. The first kappa shape index (κ1) is 75.5. The average molecular weight is 1110 g/mol. The predicted octanol–water partition coefficient (Wildman–Crippen LogP) is 22.4. The number of unbranched alkanes of at least 4 members (excludes halogenated alkanes) is 15. The zero-order chi connectivity index (χ0) is 58.5. The quantitative estimate of drug-likeness (QED) is 0.0261. The molecule has 0 bridgehead atoms. The maximum Gasteiger partial charge on any atom is 0.306 e. The second-order valence-corrected chi connectivity index (χ2v) is 20.6. The highest BCUT2D eigenvalue weighted by molar-refractivity contribution is 5.71. The Kier molecular flexibility index (Phi) is 62.5. The second-order valence-electron chi connectivity index (χ2n) is 20.6. The van der Waals surface area contributed by atoms with Crippen LogP contribution in [0.3, 0.4) is 0 Å². The Hall–Kier alpha value is -5.49. The molecule has 0 spiro atoms. The number of hydrogen-bond acceptors (Lipinski definition) is 6. The van der Waals surface area contributed by atoms with Crippen LogP contribution < -0.4 is 0 Å². The number of allylic oxidation sites excluding steroid dienone is 30. The van der Waals surface area contributed by atoms with Crippen LogP contribution in [0.25, 0.3) is 0 Å². The van der Waals surface area contributed by atoms with E-state index in [2.05, 4.69) is 203 Å². The molecule has 6 nitrogen and oxygen atoms in total. The minimum absolute atomic E-state index is 0.109. The normalized spacial score (nSPS) is 13.4. The molecular formula is C75H116O6. The average Bonchev–Trinajstić information content (AvgIpc) is 3.47. The van der Waals surface area contributed by atoms with E-state index in [1.807, 2.05) is 0 Å². The highest BCUT2D eigenvalue weighted by atomic mass is 16.6. The Balaban J connectivity index is 4.36. The van der Waals surface area contributed by atoms with Crippen molar-refractivity contribution >= 4 is 17.9 Å². The third kappa shape index (κ3) is 65.2. The number of esters is 3. The van der Waals surface area contributed by atoms with Crippen LogP contribution in [0, 0.1) is 0 Å². The Morgan fingerprint density at radius 3 is 0.778 bits per heavy atom. The molecule has 0 saturated heterocycles. The monoisotopic (exact) mass is 1110 g/mol. The van der Waals surface area contributed by atoms with Gasteiger partial charge in [0.25, 0.3) is 0 Å². The topological polar surface area (TPSA) is 78.9 Å². The van der Waals surface area contributed by atoms with Crippen molar-refractivity contribution in [2.24, 2.45) is 0 Å². The van der Waals surface area contributed by atoms with Crippen molar-refractivity contribution in [3.8, 4) is 0 Å². The SMILES string of the molecule is CC/C=C\C/C=C\C/C=C\C/C=C\C/C=C\C/C=C\C/C=C\C/C=C\C/C=C\CCCCCCCC(=O)OCC(COC(=O)CCCCCCCCCCC)OC(=O)CCCC/C=C\C/C=C\C/C=C\C/C=C\C/C=C\C/C=C\CC. The summed E-state index contributed by atoms with van der Waals surface area (Å²) >= 11 is 0. The van der Waals surface area contributed by atoms with Crippen LogP contribution in [0.1, 0.15) is 252 Å². The first-order chi connectivity index (χ1) is 40.0. The Morgan fingerprint density at radius 1 is 0.259 bits per heavy atom. The summed E-state index contributed by atoms with van der Waals surface area (Å²) in [5.41, 5.74) is 0. The van der Waals surface area contributed by atoms with E-state index in [-0.39, 0.29) is 37.5 Å². The summed E-state index contributed by atoms with van der Waals surface area (Å²) in [6.45, 7) is 6.32. The van der Waals surface area contributed by atoms with Crippen molar-refractivity contribution in [3.63, 3.8) is 0 Å². The van der Waals surface area contributed by atoms with Crippen LogP contribution in [0.5, 0.6) is 0 Å². The summed E-state index contributed by atoms with van der Waals surface area (Å²) in [5.74, 6) is -0.984. The van der Waals surface area contributed by atoms with Gasteiger partial charge in [-0.25, -0.2) is 0 Å². The van der Waals surface area contributed by atoms with Crippen molar-refractivity contribution < 1.29 is 28.6 Å². The maximum absolute atomic E-state index is 12.9. The lowest BCUT2D eigenvalue weighted by molar-refractivity contribution is -0.167. The van der Waals surface area contributed by atoms with E-state index in [1.54, 1.807) is 0 Å². The molecule has 6 heteroatoms. The molecule has 0 aliphatic heterocycles. The highest BCUT2D eigenvalue weighted by Crippen LogP contribution is 2.13. The van der Waals surface area contributed by atoms with E-state index < -0.39 is 6.10 Å². The van der Waals surface area contributed by atoms with E-state index in [4.69, 9.17) is 14.2 Å². The second kappa shape index (κ2) is 67.0. The molecule has 0 aliphatic carbocycles. The fourth-order valence-corrected chi connectivity index (χ4v) is 8.14. The molecule has 0 heterocycles. The van der Waals surface area contributed by atoms with Gasteiger partial charge in [-0.05, 0) is 141 Å². The molecule has 0 aromatic carbocycles. The Bertz CT molecular complexity index is 1900. The summed E-state index contributed by atoms with van der Waals surface area (Å²) in [4.78, 5) is 38.2. The van der Waals surface area contributed by atoms with Gasteiger partial charge in [-0.2, -0.15) is 0 Å². The smallest absolute Gasteiger partial charge is 0.306 e. The van der Waals surface area contributed by atoms with Gasteiger partial charge in [-0.1, -0.05) is 274 Å². The molecule has 0 radical (unpaired) electrons. The molecule has 0 rings (SSSR count). The summed E-state index contributed by atoms with van der Waals surface area (Å²) in [7, 11) is 0. The van der Waals surface area contributed by atoms with Gasteiger partial charge in [0.05, 0.1) is 0 Å². The molecule has 0 saturated carbocycles. The lowest BCUT2D eigenvalue weighted by Crippen LogP contribution is -2.30. The Labute approximate surface area is 497 Å². The van der Waals surface area contributed by atoms with Crippen molar-refractivity contribution in [1.82, 2.24) is 0 Å². The molecule has 452 valence electrons. The van der Waals surface area contributed by atoms with E-state index in [1.165, 1.54) is 38.5 Å². The van der Waals surface area contributed by atoms with Crippen LogP contribution in [0.2, 0.25) is 0 Å². The lowest BCUT2D eigenvalue weighted by atomic mass is 10.1. The van der Waals surface area contributed by atoms with Gasteiger partial charge in [-0.15, -0.1) is 0 Å². The number of carbonyl (C=O) groups excluding carboxylic acids is 3. The maximum atomic E-state index is 12.9. The minimum atomic E-state index is -0.818. The first-order valence-corrected chi connectivity index (χ1v) is 32.3. The molecule has 0 aromatic rings. The molecule has 1 atom stereocenters. The summed E-state index contributed by atoms with van der Waals surface area (Å²) < 4.78 is 16.8. The molecule has 0 aliphatic rings. The third-order valence-corrected chi connectivity index (χ3v) is 12.9. The Morgan fingerprint density at radius 2 is 0.481 bits per heavy atom. The molecular weight excluding hydrogens is 997 g/mol. The standard InChI is InChI=1S/C75H116O6/c1-4-7-10-13-16-19-21-23-25-27-29-31-32-33-34-35-36-37-38-39-40-41-42-44-45-47-49-51-53-56-59-62-65-68-74(77)80-71-72(70-79-73(76)67-64-61-58-55-18-15-12-9-6-3)81-75(78)69-66-63-60-57-54-52-50-48-46-43-30-28-26-24-22-20-17-14-11-8-5-2/h7-8,10-11,16-17,19-20,23-26,29-31,33-34,36-37,39-40,42-44,47-50,54,57,72H,4-6,9,12-15,18,21-22,27-28,32,35,38,41,45-46,51-53,55-56,58-71H2,1-3H3/b10-7-,11-8-,19-16-,20-17-,25-23-,26-24-,31-29-,34-33-,37-36-,40-39-,43-30-,44-42-,49-47-,50-48-,57-54-. The molecule has 1 unspecified atom stereocenters. The number of rotatable bonds is 56. The summed E-state index contributed by atoms with van der Waals surface area (Å²) in [5, 5.41) is 0. The summed E-state index contributed by atoms with van der Waals surface area (Å²) in [6.07, 6.45) is 101. The molecule has 0 N–H and O–H groups in total. The number of hydrogen-bond donors (Lipinski definition) is 0. The fourth-order valence-electron chi connectivity index (χ4n) is 8.14. The van der Waals surface area contributed by atoms with Crippen LogP contribution in [0.15, 0.2) is 182 Å². The van der Waals surface area contributed by atoms with E-state index in [0.29, 0.717) is 19.3 Å². The molecule has 0 fully saturated rings. The van der Waals surface area contributed by atoms with Crippen LogP contribution in [-0.2, 0) is 28.6 Å². The van der Waals surface area contributed by atoms with Gasteiger partial charge in [0, 0.05) is 19.3 Å². The third-order valence-electron chi connectivity index (χ3n) is 12.9. The van der Waals surface area contributed by atoms with Crippen LogP contribution >= 0.6 is 0 Å². The van der Waals surface area contributed by atoms with Crippen molar-refractivity contribution in [1.29, 1.82) is 0 Å². The van der Waals surface area contributed by atoms with Crippen molar-refractivity contribution in [3.05, 3.63) is 182 Å². The van der Waals surface area contributed by atoms with Gasteiger partial charge in [0.1, 0.15) is 13.2 Å². The van der Waals surface area contributed by atoms with Gasteiger partial charge < -0.3 is 14.2 Å². The molecule has 0 amide bonds. The zero-order valence-electron chi connectivity index (χ0n) is 51.7. The largest absolute Gasteiger partial charge is 0.462 e. The predicted molar refractivity (Wildman–Crippen MR) is 352 cm³/mol. The number of ether oxygens (including phenoxy) is 3. The van der Waals surface area contributed by atoms with Crippen LogP contribution in [0.4, 0.5) is 0 Å². The number of carbonyl (C=O) groups is 3. The summed E-state index contributed by atoms with van der Waals surface area (Å²) in [6, 6.07) is 0. The minimum Gasteiger partial charge on any atom is -0.462 e. The van der Waals surface area contributed by atoms with Gasteiger partial charge in [0.2, 0.25) is 0 Å². The lowest BCUT2D eigenvalue weighted by Gasteiger charge is -2.18. The van der Waals surface area contributed by atoms with E-state index in [9.17, 15) is 14.4 Å². The van der Waals surface area contributed by atoms with Gasteiger partial charge >= 0.3 is 17.9 Å².